The zero-order valence-corrected chi connectivity index (χ0v) is 15.6. The van der Waals surface area contributed by atoms with Crippen molar-refractivity contribution < 1.29 is 19.4 Å². The third-order valence-electron chi connectivity index (χ3n) is 5.83. The number of likely N-dealkylation sites (tertiary alicyclic amines) is 1. The summed E-state index contributed by atoms with van der Waals surface area (Å²) in [5.74, 6) is 0.126. The molecule has 1 amide bonds. The van der Waals surface area contributed by atoms with Crippen LogP contribution in [0.15, 0.2) is 6.07 Å². The van der Waals surface area contributed by atoms with Crippen molar-refractivity contribution in [1.29, 1.82) is 0 Å². The second-order valence-corrected chi connectivity index (χ2v) is 7.70. The van der Waals surface area contributed by atoms with Gasteiger partial charge in [0.1, 0.15) is 12.1 Å². The highest BCUT2D eigenvalue weighted by atomic mass is 16.7. The Labute approximate surface area is 153 Å². The molecule has 3 aliphatic heterocycles. The number of fused-ring (bicyclic) bond motifs is 2. The van der Waals surface area contributed by atoms with Crippen molar-refractivity contribution in [3.8, 4) is 0 Å². The average molecular weight is 364 g/mol. The van der Waals surface area contributed by atoms with E-state index in [0.717, 1.165) is 37.3 Å². The molecule has 0 spiro atoms. The first-order valence-corrected chi connectivity index (χ1v) is 9.43. The molecule has 5 unspecified atom stereocenters. The van der Waals surface area contributed by atoms with E-state index in [1.54, 1.807) is 6.92 Å². The third-order valence-corrected chi connectivity index (χ3v) is 5.83. The fraction of sp³-hybridized carbons (Fsp3) is 0.778. The molecule has 8 nitrogen and oxygen atoms in total. The Kier molecular flexibility index (Phi) is 4.77. The van der Waals surface area contributed by atoms with Crippen molar-refractivity contribution in [3.05, 3.63) is 17.5 Å². The van der Waals surface area contributed by atoms with E-state index in [1.807, 2.05) is 29.5 Å². The maximum absolute atomic E-state index is 11.5. The molecule has 144 valence electrons. The number of piperidine rings is 1. The Bertz CT molecular complexity index is 670. The van der Waals surface area contributed by atoms with Crippen LogP contribution in [0.5, 0.6) is 0 Å². The van der Waals surface area contributed by atoms with Gasteiger partial charge in [-0.15, -0.1) is 0 Å². The van der Waals surface area contributed by atoms with Crippen molar-refractivity contribution in [1.82, 2.24) is 20.0 Å². The predicted octanol–water partition coefficient (Wildman–Crippen LogP) is 0.126. The Hall–Kier alpha value is -1.48. The quantitative estimate of drug-likeness (QED) is 0.792. The fourth-order valence-electron chi connectivity index (χ4n) is 4.45. The summed E-state index contributed by atoms with van der Waals surface area (Å²) in [4.78, 5) is 13.4. The van der Waals surface area contributed by atoms with Crippen LogP contribution in [0.1, 0.15) is 37.2 Å². The minimum absolute atomic E-state index is 0.126. The van der Waals surface area contributed by atoms with Crippen molar-refractivity contribution >= 4 is 5.91 Å². The van der Waals surface area contributed by atoms with E-state index in [9.17, 15) is 9.90 Å². The summed E-state index contributed by atoms with van der Waals surface area (Å²) in [6.45, 7) is 7.51. The van der Waals surface area contributed by atoms with Gasteiger partial charge in [-0.05, 0) is 32.8 Å². The maximum atomic E-state index is 11.5. The summed E-state index contributed by atoms with van der Waals surface area (Å²) >= 11 is 0. The molecular weight excluding hydrogens is 336 g/mol. The molecule has 0 saturated carbocycles. The summed E-state index contributed by atoms with van der Waals surface area (Å²) in [6, 6.07) is 1.68. The summed E-state index contributed by atoms with van der Waals surface area (Å²) in [5.41, 5.74) is 1.90. The van der Waals surface area contributed by atoms with Crippen LogP contribution in [0.4, 0.5) is 0 Å². The number of aromatic nitrogens is 2. The molecule has 26 heavy (non-hydrogen) atoms. The standard InChI is InChI=1S/C18H28N4O4/c1-10-8-11(2)22(20-10)16-17(24)15(14-9-25-18(16)26-14)19-13-4-6-21(7-5-13)12(3)23/h8,13-19,24H,4-7,9H2,1-3H3. The fourth-order valence-corrected chi connectivity index (χ4v) is 4.45. The highest BCUT2D eigenvalue weighted by Gasteiger charge is 2.52. The van der Waals surface area contributed by atoms with Crippen molar-refractivity contribution in [2.45, 2.75) is 70.2 Å². The lowest BCUT2D eigenvalue weighted by atomic mass is 9.93. The van der Waals surface area contributed by atoms with E-state index in [0.29, 0.717) is 6.61 Å². The predicted molar refractivity (Wildman–Crippen MR) is 93.6 cm³/mol. The number of aryl methyl sites for hydroxylation is 2. The summed E-state index contributed by atoms with van der Waals surface area (Å²) in [7, 11) is 0. The summed E-state index contributed by atoms with van der Waals surface area (Å²) in [6.07, 6.45) is 0.485. The van der Waals surface area contributed by atoms with Crippen LogP contribution in [0, 0.1) is 13.8 Å². The molecule has 3 saturated heterocycles. The number of carbonyl (C=O) groups excluding carboxylic acids is 1. The van der Waals surface area contributed by atoms with Gasteiger partial charge in [0.15, 0.2) is 6.29 Å². The first-order valence-electron chi connectivity index (χ1n) is 9.43. The van der Waals surface area contributed by atoms with Gasteiger partial charge in [-0.1, -0.05) is 0 Å². The van der Waals surface area contributed by atoms with E-state index in [-0.39, 0.29) is 30.1 Å². The molecule has 1 aromatic heterocycles. The van der Waals surface area contributed by atoms with Crippen LogP contribution in [0.2, 0.25) is 0 Å². The number of aliphatic hydroxyl groups is 1. The Morgan fingerprint density at radius 1 is 1.35 bits per heavy atom. The SMILES string of the molecule is CC(=O)N1CCC(NC2C3COC(O3)C(n3nc(C)cc3C)C2O)CC1. The molecule has 0 radical (unpaired) electrons. The molecule has 4 heterocycles. The molecule has 0 aliphatic carbocycles. The van der Waals surface area contributed by atoms with Crippen LogP contribution >= 0.6 is 0 Å². The lowest BCUT2D eigenvalue weighted by Gasteiger charge is -2.42. The van der Waals surface area contributed by atoms with Gasteiger partial charge < -0.3 is 24.8 Å². The van der Waals surface area contributed by atoms with Gasteiger partial charge in [0.2, 0.25) is 5.91 Å². The number of nitrogens with zero attached hydrogens (tertiary/aromatic N) is 3. The first kappa shape index (κ1) is 17.9. The second kappa shape index (κ2) is 6.92. The number of nitrogens with one attached hydrogen (secondary N) is 1. The normalized spacial score (nSPS) is 35.1. The van der Waals surface area contributed by atoms with Gasteiger partial charge in [-0.2, -0.15) is 5.10 Å². The van der Waals surface area contributed by atoms with Gasteiger partial charge >= 0.3 is 0 Å². The lowest BCUT2D eigenvalue weighted by molar-refractivity contribution is -0.170. The minimum Gasteiger partial charge on any atom is -0.389 e. The van der Waals surface area contributed by atoms with Crippen LogP contribution in [-0.2, 0) is 14.3 Å². The first-order chi connectivity index (χ1) is 12.4. The Balaban J connectivity index is 1.48. The molecule has 2 N–H and O–H groups in total. The molecule has 5 atom stereocenters. The highest BCUT2D eigenvalue weighted by molar-refractivity contribution is 5.73. The van der Waals surface area contributed by atoms with Crippen LogP contribution < -0.4 is 5.32 Å². The van der Waals surface area contributed by atoms with E-state index in [4.69, 9.17) is 9.47 Å². The van der Waals surface area contributed by atoms with Gasteiger partial charge in [0, 0.05) is 31.7 Å². The summed E-state index contributed by atoms with van der Waals surface area (Å²) < 4.78 is 13.7. The molecule has 4 rings (SSSR count). The number of ether oxygens (including phenoxy) is 2. The molecule has 3 fully saturated rings. The van der Waals surface area contributed by atoms with Crippen LogP contribution in [0.25, 0.3) is 0 Å². The Morgan fingerprint density at radius 2 is 2.08 bits per heavy atom. The van der Waals surface area contributed by atoms with Gasteiger partial charge in [0.25, 0.3) is 0 Å². The van der Waals surface area contributed by atoms with E-state index < -0.39 is 12.4 Å². The van der Waals surface area contributed by atoms with Gasteiger partial charge in [0.05, 0.1) is 24.4 Å². The Morgan fingerprint density at radius 3 is 2.69 bits per heavy atom. The molecule has 2 bridgehead atoms. The molecule has 0 aromatic carbocycles. The topological polar surface area (TPSA) is 88.9 Å². The number of carbonyl (C=O) groups is 1. The summed E-state index contributed by atoms with van der Waals surface area (Å²) in [5, 5.41) is 19.2. The van der Waals surface area contributed by atoms with Crippen LogP contribution in [-0.4, -0.2) is 76.0 Å². The number of rotatable bonds is 3. The average Bonchev–Trinajstić information content (AvgIpc) is 3.17. The minimum atomic E-state index is -0.648. The van der Waals surface area contributed by atoms with E-state index in [1.165, 1.54) is 0 Å². The largest absolute Gasteiger partial charge is 0.389 e. The number of hydrogen-bond acceptors (Lipinski definition) is 6. The maximum Gasteiger partial charge on any atom is 0.219 e. The molecule has 3 aliphatic rings. The van der Waals surface area contributed by atoms with Crippen molar-refractivity contribution in [3.63, 3.8) is 0 Å². The molecule has 1 aromatic rings. The monoisotopic (exact) mass is 364 g/mol. The van der Waals surface area contributed by atoms with Gasteiger partial charge in [-0.25, -0.2) is 0 Å². The van der Waals surface area contributed by atoms with Crippen LogP contribution in [0.3, 0.4) is 0 Å². The second-order valence-electron chi connectivity index (χ2n) is 7.70. The van der Waals surface area contributed by atoms with Crippen molar-refractivity contribution in [2.24, 2.45) is 0 Å². The number of amides is 1. The smallest absolute Gasteiger partial charge is 0.219 e. The van der Waals surface area contributed by atoms with Crippen molar-refractivity contribution in [2.75, 3.05) is 19.7 Å². The van der Waals surface area contributed by atoms with Gasteiger partial charge in [-0.3, -0.25) is 9.48 Å². The lowest BCUT2D eigenvalue weighted by Crippen LogP contribution is -2.61. The number of aliphatic hydroxyl groups excluding tert-OH is 1. The molecule has 8 heteroatoms. The highest BCUT2D eigenvalue weighted by Crippen LogP contribution is 2.36. The zero-order valence-electron chi connectivity index (χ0n) is 15.6. The number of hydrogen-bond donors (Lipinski definition) is 2. The van der Waals surface area contributed by atoms with E-state index in [2.05, 4.69) is 10.4 Å². The molecular formula is C18H28N4O4. The van der Waals surface area contributed by atoms with E-state index >= 15 is 0 Å². The third kappa shape index (κ3) is 3.15. The zero-order chi connectivity index (χ0) is 18.4.